The van der Waals surface area contributed by atoms with Gasteiger partial charge in [0, 0.05) is 0 Å². The first-order chi connectivity index (χ1) is 8.62. The van der Waals surface area contributed by atoms with E-state index >= 15 is 0 Å². The highest BCUT2D eigenvalue weighted by Crippen LogP contribution is 2.08. The first-order valence-corrected chi connectivity index (χ1v) is 8.37. The maximum atomic E-state index is 11.0. The summed E-state index contributed by atoms with van der Waals surface area (Å²) in [5.74, 6) is -0.352. The summed E-state index contributed by atoms with van der Waals surface area (Å²) in [5, 5.41) is 8.48. The summed E-state index contributed by atoms with van der Waals surface area (Å²) in [5.41, 5.74) is 0. The number of allylic oxidation sites excluding steroid dienone is 1. The topological polar surface area (TPSA) is 63.6 Å². The Morgan fingerprint density at radius 2 is 1.67 bits per heavy atom. The minimum absolute atomic E-state index is 0.352. The highest BCUT2D eigenvalue weighted by Gasteiger charge is 2.07. The fourth-order valence-electron chi connectivity index (χ4n) is 1.57. The van der Waals surface area contributed by atoms with E-state index in [9.17, 15) is 8.42 Å². The van der Waals surface area contributed by atoms with Crippen LogP contribution >= 0.6 is 0 Å². The van der Waals surface area contributed by atoms with Gasteiger partial charge in [-0.05, 0) is 18.9 Å². The minimum atomic E-state index is -3.58. The van der Waals surface area contributed by atoms with Crippen molar-refractivity contribution in [2.45, 2.75) is 58.3 Å². The molecule has 0 atom stereocenters. The van der Waals surface area contributed by atoms with Crippen molar-refractivity contribution in [3.05, 3.63) is 12.3 Å². The predicted octanol–water partition coefficient (Wildman–Crippen LogP) is 2.98. The Hall–Kier alpha value is -0.550. The maximum absolute atomic E-state index is 11.0. The fourth-order valence-corrected chi connectivity index (χ4v) is 2.14. The third-order valence-corrected chi connectivity index (χ3v) is 3.70. The Labute approximate surface area is 111 Å². The Bertz CT molecular complexity index is 296. The molecular formula is C13H26O4S. The highest BCUT2D eigenvalue weighted by atomic mass is 32.2. The molecule has 0 bridgehead atoms. The van der Waals surface area contributed by atoms with E-state index in [1.807, 2.05) is 0 Å². The van der Waals surface area contributed by atoms with Gasteiger partial charge in [-0.25, -0.2) is 0 Å². The van der Waals surface area contributed by atoms with Gasteiger partial charge in [0.2, 0.25) is 0 Å². The summed E-state index contributed by atoms with van der Waals surface area (Å²) in [7, 11) is -3.58. The summed E-state index contributed by atoms with van der Waals surface area (Å²) < 4.78 is 26.6. The lowest BCUT2D eigenvalue weighted by molar-refractivity contribution is 0.313. The molecule has 18 heavy (non-hydrogen) atoms. The molecule has 0 amide bonds. The number of hydrogen-bond donors (Lipinski definition) is 1. The molecule has 0 saturated carbocycles. The molecule has 5 heteroatoms. The maximum Gasteiger partial charge on any atom is 0.310 e. The molecule has 0 aromatic heterocycles. The molecule has 0 aliphatic heterocycles. The quantitative estimate of drug-likeness (QED) is 0.339. The number of rotatable bonds is 12. The zero-order chi connectivity index (χ0) is 13.7. The largest absolute Gasteiger partial charge is 0.395 e. The Balaban J connectivity index is 3.38. The summed E-state index contributed by atoms with van der Waals surface area (Å²) >= 11 is 0. The smallest absolute Gasteiger partial charge is 0.310 e. The van der Waals surface area contributed by atoms with Crippen LogP contribution in [-0.2, 0) is 14.3 Å². The molecule has 0 fully saturated rings. The third kappa shape index (κ3) is 11.9. The van der Waals surface area contributed by atoms with Gasteiger partial charge in [0.25, 0.3) is 0 Å². The van der Waals surface area contributed by atoms with Crippen molar-refractivity contribution in [3.8, 4) is 0 Å². The molecular weight excluding hydrogens is 252 g/mol. The minimum Gasteiger partial charge on any atom is -0.395 e. The molecule has 0 saturated heterocycles. The molecule has 0 rings (SSSR count). The molecule has 4 nitrogen and oxygen atoms in total. The monoisotopic (exact) mass is 278 g/mol. The molecule has 0 aliphatic carbocycles. The van der Waals surface area contributed by atoms with Crippen molar-refractivity contribution in [2.24, 2.45) is 0 Å². The van der Waals surface area contributed by atoms with Crippen molar-refractivity contribution in [1.29, 1.82) is 0 Å². The lowest BCUT2D eigenvalue weighted by Crippen LogP contribution is -2.10. The van der Waals surface area contributed by atoms with Crippen LogP contribution in [0.1, 0.15) is 58.3 Å². The average molecular weight is 278 g/mol. The fraction of sp³-hybridized carbons (Fsp3) is 0.846. The van der Waals surface area contributed by atoms with E-state index < -0.39 is 16.7 Å². The average Bonchev–Trinajstić information content (AvgIpc) is 2.31. The second kappa shape index (κ2) is 11.5. The molecule has 1 N–H and O–H groups in total. The van der Waals surface area contributed by atoms with Crippen LogP contribution in [0.25, 0.3) is 0 Å². The molecule has 0 spiro atoms. The summed E-state index contributed by atoms with van der Waals surface area (Å²) in [6.07, 6.45) is 12.4. The van der Waals surface area contributed by atoms with Crippen LogP contribution < -0.4 is 0 Å². The molecule has 0 heterocycles. The van der Waals surface area contributed by atoms with Gasteiger partial charge in [0.15, 0.2) is 0 Å². The normalized spacial score (nSPS) is 12.1. The van der Waals surface area contributed by atoms with Crippen LogP contribution in [0.15, 0.2) is 12.3 Å². The van der Waals surface area contributed by atoms with Gasteiger partial charge in [-0.15, -0.1) is 0 Å². The van der Waals surface area contributed by atoms with Gasteiger partial charge >= 0.3 is 10.1 Å². The summed E-state index contributed by atoms with van der Waals surface area (Å²) in [4.78, 5) is 0. The number of aliphatic hydroxyl groups excluding tert-OH is 1. The lowest BCUT2D eigenvalue weighted by Gasteiger charge is -2.00. The second-order valence-corrected chi connectivity index (χ2v) is 6.08. The Kier molecular flexibility index (Phi) is 11.2. The Morgan fingerprint density at radius 3 is 2.28 bits per heavy atom. The molecule has 0 radical (unpaired) electrons. The molecule has 0 aromatic rings. The standard InChI is InChI=1S/C13H26O4S/c1-2-3-4-5-6-7-8-9-10-12-17-18(15,16)13-11-14/h10,12,14H,2-9,11,13H2,1H3. The van der Waals surface area contributed by atoms with Crippen LogP contribution in [0, 0.1) is 0 Å². The van der Waals surface area contributed by atoms with Crippen LogP contribution in [0.4, 0.5) is 0 Å². The molecule has 0 aromatic carbocycles. The molecule has 108 valence electrons. The van der Waals surface area contributed by atoms with Crippen LogP contribution in [-0.4, -0.2) is 25.9 Å². The SMILES string of the molecule is CCCCCCCCCC=COS(=O)(=O)CCO. The number of aliphatic hydroxyl groups is 1. The van der Waals surface area contributed by atoms with Crippen molar-refractivity contribution >= 4 is 10.1 Å². The van der Waals surface area contributed by atoms with E-state index in [0.717, 1.165) is 12.8 Å². The number of hydrogen-bond acceptors (Lipinski definition) is 4. The third-order valence-electron chi connectivity index (χ3n) is 2.61. The van der Waals surface area contributed by atoms with Gasteiger partial charge in [-0.1, -0.05) is 45.4 Å². The highest BCUT2D eigenvalue weighted by molar-refractivity contribution is 7.86. The van der Waals surface area contributed by atoms with E-state index in [-0.39, 0.29) is 5.75 Å². The first kappa shape index (κ1) is 17.4. The first-order valence-electron chi connectivity index (χ1n) is 6.79. The zero-order valence-electron chi connectivity index (χ0n) is 11.3. The van der Waals surface area contributed by atoms with Crippen molar-refractivity contribution in [1.82, 2.24) is 0 Å². The van der Waals surface area contributed by atoms with Crippen LogP contribution in [0.3, 0.4) is 0 Å². The van der Waals surface area contributed by atoms with Gasteiger partial charge in [-0.2, -0.15) is 8.42 Å². The summed E-state index contributed by atoms with van der Waals surface area (Å²) in [6, 6.07) is 0. The molecule has 0 aliphatic rings. The summed E-state index contributed by atoms with van der Waals surface area (Å²) in [6.45, 7) is 1.80. The van der Waals surface area contributed by atoms with Crippen LogP contribution in [0.2, 0.25) is 0 Å². The van der Waals surface area contributed by atoms with E-state index in [1.54, 1.807) is 6.08 Å². The van der Waals surface area contributed by atoms with E-state index in [1.165, 1.54) is 44.8 Å². The second-order valence-electron chi connectivity index (χ2n) is 4.36. The lowest BCUT2D eigenvalue weighted by atomic mass is 10.1. The van der Waals surface area contributed by atoms with Crippen molar-refractivity contribution in [2.75, 3.05) is 12.4 Å². The van der Waals surface area contributed by atoms with Gasteiger partial charge in [0.1, 0.15) is 12.0 Å². The van der Waals surface area contributed by atoms with Crippen LogP contribution in [0.5, 0.6) is 0 Å². The van der Waals surface area contributed by atoms with Gasteiger partial charge in [-0.3, -0.25) is 0 Å². The van der Waals surface area contributed by atoms with Crippen molar-refractivity contribution < 1.29 is 17.7 Å². The molecule has 0 unspecified atom stereocenters. The van der Waals surface area contributed by atoms with E-state index in [2.05, 4.69) is 11.1 Å². The Morgan fingerprint density at radius 1 is 1.06 bits per heavy atom. The van der Waals surface area contributed by atoms with E-state index in [0.29, 0.717) is 0 Å². The van der Waals surface area contributed by atoms with E-state index in [4.69, 9.17) is 5.11 Å². The predicted molar refractivity (Wildman–Crippen MR) is 73.7 cm³/mol. The van der Waals surface area contributed by atoms with Crippen molar-refractivity contribution in [3.63, 3.8) is 0 Å². The number of unbranched alkanes of at least 4 members (excludes halogenated alkanes) is 7. The zero-order valence-corrected chi connectivity index (χ0v) is 12.1. The van der Waals surface area contributed by atoms with Gasteiger partial charge < -0.3 is 9.29 Å². The van der Waals surface area contributed by atoms with Gasteiger partial charge in [0.05, 0.1) is 6.61 Å².